The Morgan fingerprint density at radius 2 is 1.28 bits per heavy atom. The number of hydrogen-bond donors (Lipinski definition) is 1. The Kier molecular flexibility index (Phi) is 2.66. The average molecular weight is 231 g/mol. The molecule has 3 aromatic carbocycles. The van der Waals surface area contributed by atoms with E-state index < -0.39 is 0 Å². The van der Waals surface area contributed by atoms with Crippen LogP contribution in [0.1, 0.15) is 11.1 Å². The molecule has 0 atom stereocenters. The normalized spacial score (nSPS) is 10.4. The van der Waals surface area contributed by atoms with E-state index in [0.29, 0.717) is 5.71 Å². The molecule has 0 aliphatic rings. The second kappa shape index (κ2) is 4.46. The van der Waals surface area contributed by atoms with Gasteiger partial charge in [-0.3, -0.25) is 5.41 Å². The fourth-order valence-electron chi connectivity index (χ4n) is 2.12. The Bertz CT molecular complexity index is 699. The minimum absolute atomic E-state index is 0.571. The highest BCUT2D eigenvalue weighted by molar-refractivity contribution is 6.12. The summed E-state index contributed by atoms with van der Waals surface area (Å²) in [4.78, 5) is 0. The summed E-state index contributed by atoms with van der Waals surface area (Å²) < 4.78 is 0. The predicted molar refractivity (Wildman–Crippen MR) is 76.3 cm³/mol. The summed E-state index contributed by atoms with van der Waals surface area (Å²) >= 11 is 0. The smallest absolute Gasteiger partial charge is 0.0684 e. The van der Waals surface area contributed by atoms with Crippen molar-refractivity contribution in [3.63, 3.8) is 0 Å². The molecule has 0 aromatic heterocycles. The summed E-state index contributed by atoms with van der Waals surface area (Å²) in [5.74, 6) is 0. The maximum Gasteiger partial charge on any atom is 0.0684 e. The third kappa shape index (κ3) is 1.91. The molecule has 0 radical (unpaired) electrons. The van der Waals surface area contributed by atoms with Gasteiger partial charge in [0.2, 0.25) is 0 Å². The van der Waals surface area contributed by atoms with Gasteiger partial charge in [-0.2, -0.15) is 0 Å². The maximum absolute atomic E-state index is 8.25. The first kappa shape index (κ1) is 10.7. The Balaban J connectivity index is 2.07. The van der Waals surface area contributed by atoms with Gasteiger partial charge < -0.3 is 0 Å². The van der Waals surface area contributed by atoms with Crippen LogP contribution in [0, 0.1) is 5.41 Å². The van der Waals surface area contributed by atoms with E-state index in [-0.39, 0.29) is 0 Å². The molecule has 0 fully saturated rings. The van der Waals surface area contributed by atoms with Gasteiger partial charge in [0.25, 0.3) is 0 Å². The third-order valence-corrected chi connectivity index (χ3v) is 3.10. The molecule has 0 aliphatic heterocycles. The highest BCUT2D eigenvalue weighted by atomic mass is 14.4. The largest absolute Gasteiger partial charge is 0.300 e. The van der Waals surface area contributed by atoms with Crippen molar-refractivity contribution in [1.82, 2.24) is 0 Å². The first-order valence-corrected chi connectivity index (χ1v) is 5.98. The summed E-state index contributed by atoms with van der Waals surface area (Å²) in [6, 6.07) is 24.2. The van der Waals surface area contributed by atoms with E-state index in [1.165, 1.54) is 10.8 Å². The lowest BCUT2D eigenvalue weighted by Crippen LogP contribution is -2.00. The summed E-state index contributed by atoms with van der Waals surface area (Å²) in [5.41, 5.74) is 2.48. The zero-order valence-electron chi connectivity index (χ0n) is 9.93. The van der Waals surface area contributed by atoms with E-state index in [1.807, 2.05) is 48.5 Å². The molecule has 0 saturated heterocycles. The van der Waals surface area contributed by atoms with Crippen molar-refractivity contribution in [2.45, 2.75) is 0 Å². The molecule has 3 rings (SSSR count). The summed E-state index contributed by atoms with van der Waals surface area (Å²) in [6.07, 6.45) is 0. The predicted octanol–water partition coefficient (Wildman–Crippen LogP) is 4.26. The lowest BCUT2D eigenvalue weighted by Gasteiger charge is -2.06. The Labute approximate surface area is 106 Å². The molecule has 18 heavy (non-hydrogen) atoms. The molecule has 0 heterocycles. The first-order valence-electron chi connectivity index (χ1n) is 5.98. The van der Waals surface area contributed by atoms with Gasteiger partial charge in [-0.25, -0.2) is 0 Å². The van der Waals surface area contributed by atoms with Crippen LogP contribution in [0.2, 0.25) is 0 Å². The molecule has 0 aliphatic carbocycles. The maximum atomic E-state index is 8.25. The minimum atomic E-state index is 0.571. The lowest BCUT2D eigenvalue weighted by atomic mass is 9.99. The molecular weight excluding hydrogens is 218 g/mol. The number of nitrogens with one attached hydrogen (secondary N) is 1. The molecule has 0 spiro atoms. The highest BCUT2D eigenvalue weighted by Gasteiger charge is 2.04. The van der Waals surface area contributed by atoms with Crippen LogP contribution >= 0.6 is 0 Å². The van der Waals surface area contributed by atoms with Gasteiger partial charge in [0, 0.05) is 5.56 Å². The first-order chi connectivity index (χ1) is 8.84. The highest BCUT2D eigenvalue weighted by Crippen LogP contribution is 2.18. The molecule has 0 saturated carbocycles. The van der Waals surface area contributed by atoms with E-state index in [4.69, 9.17) is 5.41 Å². The minimum Gasteiger partial charge on any atom is -0.300 e. The van der Waals surface area contributed by atoms with Gasteiger partial charge in [-0.15, -0.1) is 0 Å². The van der Waals surface area contributed by atoms with Crippen molar-refractivity contribution in [2.75, 3.05) is 0 Å². The Hall–Kier alpha value is -2.41. The quantitative estimate of drug-likeness (QED) is 0.637. The Morgan fingerprint density at radius 1 is 0.611 bits per heavy atom. The third-order valence-electron chi connectivity index (χ3n) is 3.10. The molecule has 86 valence electrons. The van der Waals surface area contributed by atoms with Gasteiger partial charge in [0.05, 0.1) is 5.71 Å². The van der Waals surface area contributed by atoms with Gasteiger partial charge in [-0.1, -0.05) is 66.7 Å². The van der Waals surface area contributed by atoms with Crippen molar-refractivity contribution >= 4 is 16.5 Å². The van der Waals surface area contributed by atoms with Gasteiger partial charge in [-0.05, 0) is 22.4 Å². The average Bonchev–Trinajstić information content (AvgIpc) is 2.47. The molecule has 1 N–H and O–H groups in total. The van der Waals surface area contributed by atoms with Crippen LogP contribution in [0.25, 0.3) is 10.8 Å². The molecular formula is C17H13N. The van der Waals surface area contributed by atoms with E-state index >= 15 is 0 Å². The molecule has 0 bridgehead atoms. The van der Waals surface area contributed by atoms with Crippen molar-refractivity contribution in [2.24, 2.45) is 0 Å². The van der Waals surface area contributed by atoms with Crippen molar-refractivity contribution in [3.05, 3.63) is 83.9 Å². The van der Waals surface area contributed by atoms with E-state index in [0.717, 1.165) is 11.1 Å². The Morgan fingerprint density at radius 3 is 2.06 bits per heavy atom. The number of benzene rings is 3. The molecule has 1 nitrogen and oxygen atoms in total. The van der Waals surface area contributed by atoms with Gasteiger partial charge >= 0.3 is 0 Å². The van der Waals surface area contributed by atoms with Crippen LogP contribution in [0.5, 0.6) is 0 Å². The second-order valence-electron chi connectivity index (χ2n) is 4.30. The van der Waals surface area contributed by atoms with Crippen LogP contribution < -0.4 is 0 Å². The fraction of sp³-hybridized carbons (Fsp3) is 0. The summed E-state index contributed by atoms with van der Waals surface area (Å²) in [6.45, 7) is 0. The summed E-state index contributed by atoms with van der Waals surface area (Å²) in [7, 11) is 0. The van der Waals surface area contributed by atoms with Crippen LogP contribution in [0.3, 0.4) is 0 Å². The second-order valence-corrected chi connectivity index (χ2v) is 4.30. The number of hydrogen-bond acceptors (Lipinski definition) is 1. The molecule has 0 unspecified atom stereocenters. The molecule has 3 aromatic rings. The van der Waals surface area contributed by atoms with E-state index in [1.54, 1.807) is 0 Å². The van der Waals surface area contributed by atoms with Crippen LogP contribution in [-0.4, -0.2) is 5.71 Å². The van der Waals surface area contributed by atoms with E-state index in [2.05, 4.69) is 24.3 Å². The molecule has 0 amide bonds. The SMILES string of the molecule is N=C(c1ccccc1)c1ccc2ccccc2c1. The van der Waals surface area contributed by atoms with Crippen molar-refractivity contribution < 1.29 is 0 Å². The van der Waals surface area contributed by atoms with Gasteiger partial charge in [0.1, 0.15) is 0 Å². The zero-order valence-corrected chi connectivity index (χ0v) is 9.93. The molecule has 1 heteroatoms. The van der Waals surface area contributed by atoms with Crippen LogP contribution in [-0.2, 0) is 0 Å². The standard InChI is InChI=1S/C17H13N/c18-17(14-7-2-1-3-8-14)16-11-10-13-6-4-5-9-15(13)12-16/h1-12,18H. The van der Waals surface area contributed by atoms with Crippen LogP contribution in [0.15, 0.2) is 72.8 Å². The summed E-state index contributed by atoms with van der Waals surface area (Å²) in [5, 5.41) is 10.6. The zero-order chi connectivity index (χ0) is 12.4. The lowest BCUT2D eigenvalue weighted by molar-refractivity contribution is 1.46. The van der Waals surface area contributed by atoms with Gasteiger partial charge in [0.15, 0.2) is 0 Å². The topological polar surface area (TPSA) is 23.9 Å². The van der Waals surface area contributed by atoms with Crippen LogP contribution in [0.4, 0.5) is 0 Å². The number of fused-ring (bicyclic) bond motifs is 1. The van der Waals surface area contributed by atoms with E-state index in [9.17, 15) is 0 Å². The fourth-order valence-corrected chi connectivity index (χ4v) is 2.12. The van der Waals surface area contributed by atoms with Crippen molar-refractivity contribution in [3.8, 4) is 0 Å². The van der Waals surface area contributed by atoms with Crippen molar-refractivity contribution in [1.29, 1.82) is 5.41 Å². The number of rotatable bonds is 2. The monoisotopic (exact) mass is 231 g/mol.